The van der Waals surface area contributed by atoms with Crippen LogP contribution in [0.25, 0.3) is 0 Å². The van der Waals surface area contributed by atoms with Gasteiger partial charge in [0.2, 0.25) is 9.84 Å². The predicted octanol–water partition coefficient (Wildman–Crippen LogP) is 5.91. The molecule has 272 valence electrons. The van der Waals surface area contributed by atoms with Crippen LogP contribution < -0.4 is 9.47 Å². The van der Waals surface area contributed by atoms with Crippen molar-refractivity contribution in [3.8, 4) is 11.5 Å². The van der Waals surface area contributed by atoms with Crippen LogP contribution in [0.4, 0.5) is 0 Å². The standard InChI is InChI=1S/C42H52N2O6S/c45-37(29-43-23-19-35(20-24-43)27-33-7-3-1-4-8-33)31-49-39-11-15-41(16-12-39)51(47,48)42-17-13-40(14-18-42)50-32-38(46)30-44-25-21-36(22-26-44)28-34-9-5-2-6-10-34/h1-18,35-38,45-46H,19-32H2. The third-order valence-corrected chi connectivity index (χ3v) is 12.0. The zero-order valence-corrected chi connectivity index (χ0v) is 30.2. The first-order valence-electron chi connectivity index (χ1n) is 18.4. The van der Waals surface area contributed by atoms with Gasteiger partial charge in [-0.05, 0) is 136 Å². The summed E-state index contributed by atoms with van der Waals surface area (Å²) < 4.78 is 38.2. The van der Waals surface area contributed by atoms with Crippen molar-refractivity contribution in [2.24, 2.45) is 11.8 Å². The second-order valence-electron chi connectivity index (χ2n) is 14.2. The Labute approximate surface area is 303 Å². The highest BCUT2D eigenvalue weighted by Crippen LogP contribution is 2.26. The van der Waals surface area contributed by atoms with Crippen LogP contribution in [0, 0.1) is 11.8 Å². The summed E-state index contributed by atoms with van der Waals surface area (Å²) in [6, 6.07) is 33.8. The number of nitrogens with zero attached hydrogens (tertiary/aromatic N) is 2. The molecule has 4 aromatic rings. The van der Waals surface area contributed by atoms with E-state index < -0.39 is 22.0 Å². The molecule has 2 aliphatic rings. The minimum Gasteiger partial charge on any atom is -0.491 e. The van der Waals surface area contributed by atoms with Crippen molar-refractivity contribution in [3.63, 3.8) is 0 Å². The Kier molecular flexibility index (Phi) is 13.2. The van der Waals surface area contributed by atoms with E-state index in [4.69, 9.17) is 9.47 Å². The molecule has 51 heavy (non-hydrogen) atoms. The second-order valence-corrected chi connectivity index (χ2v) is 16.2. The Morgan fingerprint density at radius 1 is 0.549 bits per heavy atom. The maximum atomic E-state index is 13.3. The van der Waals surface area contributed by atoms with E-state index in [1.807, 2.05) is 0 Å². The zero-order chi connectivity index (χ0) is 35.5. The summed E-state index contributed by atoms with van der Waals surface area (Å²) in [4.78, 5) is 4.90. The van der Waals surface area contributed by atoms with Crippen LogP contribution in [0.5, 0.6) is 11.5 Å². The van der Waals surface area contributed by atoms with Gasteiger partial charge in [0.15, 0.2) is 0 Å². The molecule has 6 rings (SSSR count). The van der Waals surface area contributed by atoms with Gasteiger partial charge in [0.05, 0.1) is 9.79 Å². The average Bonchev–Trinajstić information content (AvgIpc) is 3.16. The highest BCUT2D eigenvalue weighted by Gasteiger charge is 2.23. The number of likely N-dealkylation sites (tertiary alicyclic amines) is 2. The molecule has 0 amide bonds. The molecule has 9 heteroatoms. The molecule has 4 aromatic carbocycles. The van der Waals surface area contributed by atoms with Gasteiger partial charge in [0.1, 0.15) is 36.9 Å². The van der Waals surface area contributed by atoms with E-state index in [9.17, 15) is 18.6 Å². The number of β-amino-alcohol motifs (C(OH)–C–C–N with tert-alkyl or cyclic N) is 2. The molecular formula is C42H52N2O6S. The third-order valence-electron chi connectivity index (χ3n) is 10.2. The monoisotopic (exact) mass is 712 g/mol. The molecule has 2 aliphatic heterocycles. The van der Waals surface area contributed by atoms with Crippen molar-refractivity contribution < 1.29 is 28.1 Å². The molecule has 8 nitrogen and oxygen atoms in total. The molecule has 0 spiro atoms. The van der Waals surface area contributed by atoms with Crippen LogP contribution in [0.1, 0.15) is 36.8 Å². The van der Waals surface area contributed by atoms with Gasteiger partial charge in [-0.2, -0.15) is 0 Å². The number of hydrogen-bond acceptors (Lipinski definition) is 8. The Morgan fingerprint density at radius 3 is 1.25 bits per heavy atom. The number of piperidine rings is 2. The molecule has 0 aromatic heterocycles. The van der Waals surface area contributed by atoms with Gasteiger partial charge < -0.3 is 29.5 Å². The van der Waals surface area contributed by atoms with Crippen LogP contribution >= 0.6 is 0 Å². The van der Waals surface area contributed by atoms with E-state index >= 15 is 0 Å². The van der Waals surface area contributed by atoms with Gasteiger partial charge in [-0.3, -0.25) is 0 Å². The van der Waals surface area contributed by atoms with Crippen molar-refractivity contribution >= 4 is 9.84 Å². The van der Waals surface area contributed by atoms with Crippen molar-refractivity contribution in [3.05, 3.63) is 120 Å². The number of rotatable bonds is 16. The first kappa shape index (κ1) is 37.0. The minimum absolute atomic E-state index is 0.138. The normalized spacial score (nSPS) is 17.9. The molecule has 2 unspecified atom stereocenters. The van der Waals surface area contributed by atoms with Crippen molar-refractivity contribution in [1.29, 1.82) is 0 Å². The first-order chi connectivity index (χ1) is 24.8. The molecule has 0 aliphatic carbocycles. The molecule has 2 saturated heterocycles. The summed E-state index contributed by atoms with van der Waals surface area (Å²) >= 11 is 0. The van der Waals surface area contributed by atoms with Crippen molar-refractivity contribution in [1.82, 2.24) is 9.80 Å². The first-order valence-corrected chi connectivity index (χ1v) is 19.9. The fourth-order valence-corrected chi connectivity index (χ4v) is 8.55. The summed E-state index contributed by atoms with van der Waals surface area (Å²) in [6.45, 7) is 5.24. The third kappa shape index (κ3) is 11.1. The molecule has 0 saturated carbocycles. The largest absolute Gasteiger partial charge is 0.491 e. The summed E-state index contributed by atoms with van der Waals surface area (Å²) in [7, 11) is -3.75. The number of benzene rings is 4. The topological polar surface area (TPSA) is 99.5 Å². The number of ether oxygens (including phenoxy) is 2. The maximum absolute atomic E-state index is 13.3. The van der Waals surface area contributed by atoms with Crippen molar-refractivity contribution in [2.45, 2.75) is 60.5 Å². The molecule has 0 radical (unpaired) electrons. The lowest BCUT2D eigenvalue weighted by Gasteiger charge is -2.33. The van der Waals surface area contributed by atoms with E-state index in [0.717, 1.165) is 64.7 Å². The average molecular weight is 713 g/mol. The Morgan fingerprint density at radius 2 is 0.902 bits per heavy atom. The summed E-state index contributed by atoms with van der Waals surface area (Å²) in [5.74, 6) is 2.36. The van der Waals surface area contributed by atoms with E-state index in [1.54, 1.807) is 24.3 Å². The lowest BCUT2D eigenvalue weighted by Crippen LogP contribution is -2.41. The van der Waals surface area contributed by atoms with E-state index in [-0.39, 0.29) is 23.0 Å². The molecule has 0 bridgehead atoms. The zero-order valence-electron chi connectivity index (χ0n) is 29.4. The minimum atomic E-state index is -3.75. The number of aliphatic hydroxyl groups is 2. The lowest BCUT2D eigenvalue weighted by atomic mass is 9.90. The number of aliphatic hydroxyl groups excluding tert-OH is 2. The van der Waals surface area contributed by atoms with Crippen LogP contribution in [-0.4, -0.2) is 93.1 Å². The van der Waals surface area contributed by atoms with Gasteiger partial charge in [0, 0.05) is 13.1 Å². The van der Waals surface area contributed by atoms with Crippen molar-refractivity contribution in [2.75, 3.05) is 52.5 Å². The molecule has 2 heterocycles. The molecular weight excluding hydrogens is 661 g/mol. The quantitative estimate of drug-likeness (QED) is 0.148. The molecule has 2 fully saturated rings. The highest BCUT2D eigenvalue weighted by molar-refractivity contribution is 7.91. The van der Waals surface area contributed by atoms with Crippen LogP contribution in [-0.2, 0) is 22.7 Å². The fourth-order valence-electron chi connectivity index (χ4n) is 7.29. The van der Waals surface area contributed by atoms with Crippen LogP contribution in [0.15, 0.2) is 119 Å². The number of hydrogen-bond donors (Lipinski definition) is 2. The van der Waals surface area contributed by atoms with E-state index in [2.05, 4.69) is 70.5 Å². The van der Waals surface area contributed by atoms with Gasteiger partial charge in [-0.1, -0.05) is 60.7 Å². The second kappa shape index (κ2) is 18.2. The van der Waals surface area contributed by atoms with Gasteiger partial charge in [0.25, 0.3) is 0 Å². The fraction of sp³-hybridized carbons (Fsp3) is 0.429. The maximum Gasteiger partial charge on any atom is 0.206 e. The molecule has 2 N–H and O–H groups in total. The Bertz CT molecular complexity index is 1580. The highest BCUT2D eigenvalue weighted by atomic mass is 32.2. The van der Waals surface area contributed by atoms with E-state index in [1.165, 1.54) is 35.4 Å². The van der Waals surface area contributed by atoms with Crippen LogP contribution in [0.3, 0.4) is 0 Å². The predicted molar refractivity (Wildman–Crippen MR) is 200 cm³/mol. The summed E-state index contributed by atoms with van der Waals surface area (Å²) in [5, 5.41) is 21.2. The van der Waals surface area contributed by atoms with Gasteiger partial charge in [-0.25, -0.2) is 8.42 Å². The lowest BCUT2D eigenvalue weighted by molar-refractivity contribution is 0.0550. The van der Waals surface area contributed by atoms with Gasteiger partial charge >= 0.3 is 0 Å². The molecule has 2 atom stereocenters. The van der Waals surface area contributed by atoms with Crippen LogP contribution in [0.2, 0.25) is 0 Å². The Hall–Kier alpha value is -3.73. The summed E-state index contributed by atoms with van der Waals surface area (Å²) in [5.41, 5.74) is 2.77. The Balaban J connectivity index is 0.886. The van der Waals surface area contributed by atoms with Gasteiger partial charge in [-0.15, -0.1) is 0 Å². The summed E-state index contributed by atoms with van der Waals surface area (Å²) in [6.07, 6.45) is 5.41. The number of sulfone groups is 1. The van der Waals surface area contributed by atoms with E-state index in [0.29, 0.717) is 36.4 Å². The SMILES string of the molecule is O=S(=O)(c1ccc(OCC(O)CN2CCC(Cc3ccccc3)CC2)cc1)c1ccc(OCC(O)CN2CCC(Cc3ccccc3)CC2)cc1. The smallest absolute Gasteiger partial charge is 0.206 e.